The van der Waals surface area contributed by atoms with Gasteiger partial charge in [-0.3, -0.25) is 4.79 Å². The SMILES string of the molecule is COc1ccccc1Cc1nc2c(s1)CCCC2C(=O)O. The molecule has 110 valence electrons. The fourth-order valence-corrected chi connectivity index (χ4v) is 3.99. The predicted octanol–water partition coefficient (Wildman–Crippen LogP) is 3.25. The first kappa shape index (κ1) is 14.1. The quantitative estimate of drug-likeness (QED) is 0.942. The van der Waals surface area contributed by atoms with Crippen LogP contribution in [0.4, 0.5) is 0 Å². The normalized spacial score (nSPS) is 17.3. The Labute approximate surface area is 127 Å². The number of thiazole rings is 1. The van der Waals surface area contributed by atoms with E-state index in [4.69, 9.17) is 4.74 Å². The predicted molar refractivity (Wildman–Crippen MR) is 81.2 cm³/mol. The van der Waals surface area contributed by atoms with E-state index in [1.54, 1.807) is 18.4 Å². The number of para-hydroxylation sites is 1. The Morgan fingerprint density at radius 1 is 1.48 bits per heavy atom. The van der Waals surface area contributed by atoms with Crippen molar-refractivity contribution in [2.75, 3.05) is 7.11 Å². The van der Waals surface area contributed by atoms with Crippen molar-refractivity contribution < 1.29 is 14.6 Å². The van der Waals surface area contributed by atoms with Gasteiger partial charge in [0.25, 0.3) is 0 Å². The number of ether oxygens (including phenoxy) is 1. The van der Waals surface area contributed by atoms with Crippen molar-refractivity contribution >= 4 is 17.3 Å². The Hall–Kier alpha value is -1.88. The van der Waals surface area contributed by atoms with Crippen molar-refractivity contribution in [2.24, 2.45) is 0 Å². The van der Waals surface area contributed by atoms with Crippen LogP contribution in [0.1, 0.15) is 39.9 Å². The third kappa shape index (κ3) is 2.78. The standard InChI is InChI=1S/C16H17NO3S/c1-20-12-7-3-2-5-10(12)9-14-17-15-11(16(18)19)6-4-8-13(15)21-14/h2-3,5,7,11H,4,6,8-9H2,1H3,(H,18,19). The highest BCUT2D eigenvalue weighted by atomic mass is 32.1. The Kier molecular flexibility index (Phi) is 3.92. The zero-order valence-corrected chi connectivity index (χ0v) is 12.7. The zero-order chi connectivity index (χ0) is 14.8. The van der Waals surface area contributed by atoms with Gasteiger partial charge in [0.2, 0.25) is 0 Å². The maximum absolute atomic E-state index is 11.3. The molecule has 2 aromatic rings. The fourth-order valence-electron chi connectivity index (χ4n) is 2.80. The Morgan fingerprint density at radius 2 is 2.29 bits per heavy atom. The molecule has 5 heteroatoms. The highest BCUT2D eigenvalue weighted by Crippen LogP contribution is 2.36. The molecule has 0 radical (unpaired) electrons. The number of rotatable bonds is 4. The fraction of sp³-hybridized carbons (Fsp3) is 0.375. The van der Waals surface area contributed by atoms with Crippen LogP contribution in [0.5, 0.6) is 5.75 Å². The van der Waals surface area contributed by atoms with Gasteiger partial charge in [-0.05, 0) is 25.3 Å². The minimum atomic E-state index is -0.759. The molecule has 0 spiro atoms. The first-order valence-corrected chi connectivity index (χ1v) is 7.84. The molecule has 0 aliphatic heterocycles. The second-order valence-electron chi connectivity index (χ2n) is 5.19. The molecule has 0 bridgehead atoms. The van der Waals surface area contributed by atoms with Gasteiger partial charge in [0, 0.05) is 16.9 Å². The van der Waals surface area contributed by atoms with Crippen molar-refractivity contribution in [3.8, 4) is 5.75 Å². The first-order chi connectivity index (χ1) is 10.2. The maximum atomic E-state index is 11.3. The van der Waals surface area contributed by atoms with E-state index < -0.39 is 11.9 Å². The molecule has 0 saturated heterocycles. The van der Waals surface area contributed by atoms with Gasteiger partial charge in [-0.25, -0.2) is 4.98 Å². The summed E-state index contributed by atoms with van der Waals surface area (Å²) >= 11 is 1.64. The molecular weight excluding hydrogens is 286 g/mol. The van der Waals surface area contributed by atoms with Crippen molar-refractivity contribution in [2.45, 2.75) is 31.6 Å². The number of aromatic nitrogens is 1. The van der Waals surface area contributed by atoms with Gasteiger partial charge in [-0.2, -0.15) is 0 Å². The average molecular weight is 303 g/mol. The second kappa shape index (κ2) is 5.85. The number of hydrogen-bond acceptors (Lipinski definition) is 4. The van der Waals surface area contributed by atoms with Gasteiger partial charge in [0.05, 0.1) is 23.7 Å². The Morgan fingerprint density at radius 3 is 3.05 bits per heavy atom. The van der Waals surface area contributed by atoms with Gasteiger partial charge in [-0.1, -0.05) is 18.2 Å². The third-order valence-corrected chi connectivity index (χ3v) is 4.96. The van der Waals surface area contributed by atoms with Crippen LogP contribution in [0.2, 0.25) is 0 Å². The number of carboxylic acid groups (broad SMARTS) is 1. The summed E-state index contributed by atoms with van der Waals surface area (Å²) in [6, 6.07) is 7.87. The van der Waals surface area contributed by atoms with Crippen molar-refractivity contribution in [3.05, 3.63) is 45.4 Å². The molecule has 1 unspecified atom stereocenters. The smallest absolute Gasteiger partial charge is 0.312 e. The Balaban J connectivity index is 1.89. The van der Waals surface area contributed by atoms with Gasteiger partial charge in [0.15, 0.2) is 0 Å². The summed E-state index contributed by atoms with van der Waals surface area (Å²) in [5, 5.41) is 10.3. The zero-order valence-electron chi connectivity index (χ0n) is 11.8. The lowest BCUT2D eigenvalue weighted by Crippen LogP contribution is -2.17. The molecule has 4 nitrogen and oxygen atoms in total. The molecule has 1 heterocycles. The monoisotopic (exact) mass is 303 g/mol. The molecule has 1 atom stereocenters. The molecule has 1 N–H and O–H groups in total. The van der Waals surface area contributed by atoms with Gasteiger partial charge in [-0.15, -0.1) is 11.3 Å². The summed E-state index contributed by atoms with van der Waals surface area (Å²) in [4.78, 5) is 17.1. The van der Waals surface area contributed by atoms with Crippen LogP contribution < -0.4 is 4.74 Å². The number of nitrogens with zero attached hydrogens (tertiary/aromatic N) is 1. The minimum Gasteiger partial charge on any atom is -0.496 e. The van der Waals surface area contributed by atoms with Crippen LogP contribution in [-0.2, 0) is 17.6 Å². The molecule has 1 aliphatic rings. The van der Waals surface area contributed by atoms with E-state index in [2.05, 4.69) is 4.98 Å². The lowest BCUT2D eigenvalue weighted by atomic mass is 9.91. The number of aliphatic carboxylic acids is 1. The minimum absolute atomic E-state index is 0.434. The molecule has 0 saturated carbocycles. The van der Waals surface area contributed by atoms with Gasteiger partial charge in [0.1, 0.15) is 5.75 Å². The van der Waals surface area contributed by atoms with E-state index in [0.717, 1.165) is 39.7 Å². The Bertz CT molecular complexity index is 665. The first-order valence-electron chi connectivity index (χ1n) is 7.02. The number of hydrogen-bond donors (Lipinski definition) is 1. The summed E-state index contributed by atoms with van der Waals surface area (Å²) < 4.78 is 5.36. The van der Waals surface area contributed by atoms with Crippen molar-refractivity contribution in [1.29, 1.82) is 0 Å². The van der Waals surface area contributed by atoms with Crippen LogP contribution >= 0.6 is 11.3 Å². The molecule has 1 aromatic heterocycles. The summed E-state index contributed by atoms with van der Waals surface area (Å²) in [5.74, 6) is -0.345. The number of fused-ring (bicyclic) bond motifs is 1. The van der Waals surface area contributed by atoms with Crippen LogP contribution in [-0.4, -0.2) is 23.2 Å². The van der Waals surface area contributed by atoms with E-state index in [0.29, 0.717) is 12.8 Å². The molecule has 21 heavy (non-hydrogen) atoms. The number of methoxy groups -OCH3 is 1. The van der Waals surface area contributed by atoms with Gasteiger partial charge < -0.3 is 9.84 Å². The molecule has 1 aliphatic carbocycles. The highest BCUT2D eigenvalue weighted by molar-refractivity contribution is 7.11. The van der Waals surface area contributed by atoms with Crippen molar-refractivity contribution in [1.82, 2.24) is 4.98 Å². The molecule has 0 fully saturated rings. The summed E-state index contributed by atoms with van der Waals surface area (Å²) in [5.41, 5.74) is 1.86. The van der Waals surface area contributed by atoms with E-state index in [9.17, 15) is 9.90 Å². The van der Waals surface area contributed by atoms with Crippen molar-refractivity contribution in [3.63, 3.8) is 0 Å². The highest BCUT2D eigenvalue weighted by Gasteiger charge is 2.29. The third-order valence-electron chi connectivity index (χ3n) is 3.83. The number of carbonyl (C=O) groups is 1. The maximum Gasteiger partial charge on any atom is 0.312 e. The molecule has 1 aromatic carbocycles. The largest absolute Gasteiger partial charge is 0.496 e. The van der Waals surface area contributed by atoms with Crippen LogP contribution in [0.3, 0.4) is 0 Å². The van der Waals surface area contributed by atoms with E-state index >= 15 is 0 Å². The van der Waals surface area contributed by atoms with Gasteiger partial charge >= 0.3 is 5.97 Å². The molecule has 0 amide bonds. The number of aryl methyl sites for hydroxylation is 1. The van der Waals surface area contributed by atoms with Crippen LogP contribution in [0.25, 0.3) is 0 Å². The van der Waals surface area contributed by atoms with Crippen LogP contribution in [0.15, 0.2) is 24.3 Å². The number of carboxylic acids is 1. The summed E-state index contributed by atoms with van der Waals surface area (Å²) in [7, 11) is 1.66. The lowest BCUT2D eigenvalue weighted by Gasteiger charge is -2.16. The number of benzene rings is 1. The average Bonchev–Trinajstić information content (AvgIpc) is 2.89. The summed E-state index contributed by atoms with van der Waals surface area (Å²) in [6.07, 6.45) is 3.26. The topological polar surface area (TPSA) is 59.4 Å². The lowest BCUT2D eigenvalue weighted by molar-refractivity contribution is -0.139. The second-order valence-corrected chi connectivity index (χ2v) is 6.36. The van der Waals surface area contributed by atoms with E-state index in [1.807, 2.05) is 24.3 Å². The van der Waals surface area contributed by atoms with Crippen LogP contribution in [0, 0.1) is 0 Å². The van der Waals surface area contributed by atoms with E-state index in [1.165, 1.54) is 0 Å². The molecular formula is C16H17NO3S. The molecule has 3 rings (SSSR count). The van der Waals surface area contributed by atoms with E-state index in [-0.39, 0.29) is 0 Å². The summed E-state index contributed by atoms with van der Waals surface area (Å²) in [6.45, 7) is 0.